The van der Waals surface area contributed by atoms with Crippen molar-refractivity contribution in [1.82, 2.24) is 30.6 Å². The van der Waals surface area contributed by atoms with E-state index in [2.05, 4.69) is 51.4 Å². The normalized spacial score (nSPS) is 11.6. The van der Waals surface area contributed by atoms with Gasteiger partial charge in [-0.2, -0.15) is 15.3 Å². The highest BCUT2D eigenvalue weighted by Crippen LogP contribution is 2.39. The number of aromatic nitrogens is 6. The van der Waals surface area contributed by atoms with Crippen LogP contribution in [-0.4, -0.2) is 30.6 Å². The van der Waals surface area contributed by atoms with E-state index in [9.17, 15) is 0 Å². The lowest BCUT2D eigenvalue weighted by Gasteiger charge is -2.19. The second-order valence-corrected chi connectivity index (χ2v) is 5.98. The Balaban J connectivity index is 2.34. The van der Waals surface area contributed by atoms with Crippen LogP contribution in [-0.2, 0) is 0 Å². The van der Waals surface area contributed by atoms with Crippen LogP contribution in [0.15, 0.2) is 0 Å². The zero-order valence-electron chi connectivity index (χ0n) is 13.9. The average Bonchev–Trinajstić information content (AvgIpc) is 3.08. The SMILES string of the molecule is Cc1n[nH]c(C)c1C(c1c(C)n[nH]c1C)c1c(C)n[nH]c1C. The van der Waals surface area contributed by atoms with E-state index in [-0.39, 0.29) is 5.92 Å². The lowest BCUT2D eigenvalue weighted by molar-refractivity contribution is 0.908. The zero-order chi connectivity index (χ0) is 16.0. The highest BCUT2D eigenvalue weighted by molar-refractivity contribution is 5.51. The third-order valence-electron chi connectivity index (χ3n) is 4.42. The van der Waals surface area contributed by atoms with Crippen LogP contribution < -0.4 is 0 Å². The standard InChI is InChI=1S/C16H22N6/c1-7-13(8(2)18-17-7)16(14-9(3)19-20-10(14)4)15-11(5)21-22-12(15)6/h16H,1-6H3,(H,17,18)(H,19,20)(H,21,22). The van der Waals surface area contributed by atoms with Crippen molar-refractivity contribution in [1.29, 1.82) is 0 Å². The fraction of sp³-hybridized carbons (Fsp3) is 0.438. The van der Waals surface area contributed by atoms with Crippen molar-refractivity contribution in [3.8, 4) is 0 Å². The summed E-state index contributed by atoms with van der Waals surface area (Å²) in [6, 6.07) is 0. The minimum absolute atomic E-state index is 0.0799. The van der Waals surface area contributed by atoms with Gasteiger partial charge in [0.15, 0.2) is 0 Å². The summed E-state index contributed by atoms with van der Waals surface area (Å²) in [4.78, 5) is 0. The second kappa shape index (κ2) is 5.12. The molecule has 0 aliphatic heterocycles. The molecular formula is C16H22N6. The van der Waals surface area contributed by atoms with Gasteiger partial charge in [-0.1, -0.05) is 0 Å². The lowest BCUT2D eigenvalue weighted by atomic mass is 9.82. The van der Waals surface area contributed by atoms with Crippen LogP contribution in [0.25, 0.3) is 0 Å². The molecule has 0 aliphatic carbocycles. The van der Waals surface area contributed by atoms with Crippen molar-refractivity contribution < 1.29 is 0 Å². The fourth-order valence-electron chi connectivity index (χ4n) is 3.39. The molecule has 0 radical (unpaired) electrons. The molecule has 3 aromatic heterocycles. The van der Waals surface area contributed by atoms with Crippen molar-refractivity contribution in [2.75, 3.05) is 0 Å². The second-order valence-electron chi connectivity index (χ2n) is 5.98. The number of nitrogens with one attached hydrogen (secondary N) is 3. The van der Waals surface area contributed by atoms with Gasteiger partial charge in [-0.25, -0.2) is 0 Å². The van der Waals surface area contributed by atoms with Crippen LogP contribution in [0.2, 0.25) is 0 Å². The van der Waals surface area contributed by atoms with E-state index in [1.54, 1.807) is 0 Å². The molecule has 0 bridgehead atoms. The van der Waals surface area contributed by atoms with Gasteiger partial charge in [0, 0.05) is 39.7 Å². The van der Waals surface area contributed by atoms with E-state index < -0.39 is 0 Å². The third-order valence-corrected chi connectivity index (χ3v) is 4.42. The first kappa shape index (κ1) is 14.6. The van der Waals surface area contributed by atoms with Crippen LogP contribution in [0.3, 0.4) is 0 Å². The maximum Gasteiger partial charge on any atom is 0.0635 e. The third kappa shape index (κ3) is 2.06. The van der Waals surface area contributed by atoms with E-state index in [0.717, 1.165) is 34.2 Å². The minimum atomic E-state index is 0.0799. The van der Waals surface area contributed by atoms with E-state index in [0.29, 0.717) is 0 Å². The van der Waals surface area contributed by atoms with Crippen LogP contribution in [0, 0.1) is 41.5 Å². The number of hydrogen-bond acceptors (Lipinski definition) is 3. The molecule has 0 amide bonds. The molecule has 0 unspecified atom stereocenters. The highest BCUT2D eigenvalue weighted by atomic mass is 15.1. The maximum absolute atomic E-state index is 4.39. The highest BCUT2D eigenvalue weighted by Gasteiger charge is 2.30. The van der Waals surface area contributed by atoms with Gasteiger partial charge < -0.3 is 0 Å². The summed E-state index contributed by atoms with van der Waals surface area (Å²) in [6.45, 7) is 12.3. The number of H-pyrrole nitrogens is 3. The van der Waals surface area contributed by atoms with Crippen LogP contribution in [0.1, 0.15) is 56.8 Å². The van der Waals surface area contributed by atoms with Crippen molar-refractivity contribution in [3.63, 3.8) is 0 Å². The Bertz CT molecular complexity index is 651. The van der Waals surface area contributed by atoms with E-state index in [4.69, 9.17) is 0 Å². The molecule has 0 fully saturated rings. The molecule has 0 saturated heterocycles. The summed E-state index contributed by atoms with van der Waals surface area (Å²) in [5.74, 6) is 0.0799. The molecule has 3 aromatic rings. The maximum atomic E-state index is 4.39. The van der Waals surface area contributed by atoms with Crippen molar-refractivity contribution in [2.24, 2.45) is 0 Å². The van der Waals surface area contributed by atoms with Crippen molar-refractivity contribution in [2.45, 2.75) is 47.5 Å². The van der Waals surface area contributed by atoms with Gasteiger partial charge in [0.1, 0.15) is 0 Å². The van der Waals surface area contributed by atoms with E-state index in [1.165, 1.54) is 16.7 Å². The number of hydrogen-bond donors (Lipinski definition) is 3. The summed E-state index contributed by atoms with van der Waals surface area (Å²) in [6.07, 6.45) is 0. The molecule has 6 nitrogen and oxygen atoms in total. The Hall–Kier alpha value is -2.37. The number of aromatic amines is 3. The monoisotopic (exact) mass is 298 g/mol. The predicted molar refractivity (Wildman–Crippen MR) is 85.1 cm³/mol. The topological polar surface area (TPSA) is 86.0 Å². The molecule has 116 valence electrons. The number of aryl methyl sites for hydroxylation is 6. The summed E-state index contributed by atoms with van der Waals surface area (Å²) in [5, 5.41) is 22.5. The predicted octanol–water partition coefficient (Wildman–Crippen LogP) is 2.89. The quantitative estimate of drug-likeness (QED) is 0.695. The molecule has 0 aliphatic rings. The van der Waals surface area contributed by atoms with Gasteiger partial charge >= 0.3 is 0 Å². The first-order valence-electron chi connectivity index (χ1n) is 7.46. The minimum Gasteiger partial charge on any atom is -0.282 e. The van der Waals surface area contributed by atoms with Crippen LogP contribution >= 0.6 is 0 Å². The molecule has 0 saturated carbocycles. The number of rotatable bonds is 3. The van der Waals surface area contributed by atoms with Gasteiger partial charge in [-0.05, 0) is 41.5 Å². The molecule has 3 heterocycles. The molecule has 3 rings (SSSR count). The Morgan fingerprint density at radius 1 is 0.545 bits per heavy atom. The smallest absolute Gasteiger partial charge is 0.0635 e. The molecule has 3 N–H and O–H groups in total. The Kier molecular flexibility index (Phi) is 3.39. The molecular weight excluding hydrogens is 276 g/mol. The van der Waals surface area contributed by atoms with Gasteiger partial charge in [0.2, 0.25) is 0 Å². The molecule has 0 spiro atoms. The molecule has 6 heteroatoms. The van der Waals surface area contributed by atoms with E-state index in [1.807, 2.05) is 20.8 Å². The Labute approximate surface area is 129 Å². The average molecular weight is 298 g/mol. The molecule has 0 aromatic carbocycles. The van der Waals surface area contributed by atoms with Crippen LogP contribution in [0.4, 0.5) is 0 Å². The lowest BCUT2D eigenvalue weighted by Crippen LogP contribution is -2.10. The fourth-order valence-corrected chi connectivity index (χ4v) is 3.39. The van der Waals surface area contributed by atoms with Crippen LogP contribution in [0.5, 0.6) is 0 Å². The van der Waals surface area contributed by atoms with E-state index >= 15 is 0 Å². The van der Waals surface area contributed by atoms with Gasteiger partial charge in [0.25, 0.3) is 0 Å². The molecule has 22 heavy (non-hydrogen) atoms. The summed E-state index contributed by atoms with van der Waals surface area (Å²) >= 11 is 0. The first-order chi connectivity index (χ1) is 10.4. The van der Waals surface area contributed by atoms with Crippen molar-refractivity contribution in [3.05, 3.63) is 50.9 Å². The Morgan fingerprint density at radius 3 is 1.00 bits per heavy atom. The Morgan fingerprint density at radius 2 is 0.818 bits per heavy atom. The largest absolute Gasteiger partial charge is 0.282 e. The van der Waals surface area contributed by atoms with Gasteiger partial charge in [-0.15, -0.1) is 0 Å². The van der Waals surface area contributed by atoms with Gasteiger partial charge in [0.05, 0.1) is 17.1 Å². The number of nitrogens with zero attached hydrogens (tertiary/aromatic N) is 3. The van der Waals surface area contributed by atoms with Crippen molar-refractivity contribution >= 4 is 0 Å². The summed E-state index contributed by atoms with van der Waals surface area (Å²) in [7, 11) is 0. The van der Waals surface area contributed by atoms with Gasteiger partial charge in [-0.3, -0.25) is 15.3 Å². The zero-order valence-corrected chi connectivity index (χ0v) is 13.9. The summed E-state index contributed by atoms with van der Waals surface area (Å²) < 4.78 is 0. The first-order valence-corrected chi connectivity index (χ1v) is 7.46. The molecule has 0 atom stereocenters. The summed E-state index contributed by atoms with van der Waals surface area (Å²) in [5.41, 5.74) is 9.93.